The van der Waals surface area contributed by atoms with E-state index in [1.807, 2.05) is 11.9 Å². The first-order valence-corrected chi connectivity index (χ1v) is 6.49. The van der Waals surface area contributed by atoms with Crippen molar-refractivity contribution in [1.82, 2.24) is 4.90 Å². The van der Waals surface area contributed by atoms with Crippen LogP contribution >= 0.6 is 0 Å². The topological polar surface area (TPSA) is 37.4 Å². The molecule has 0 spiro atoms. The summed E-state index contributed by atoms with van der Waals surface area (Å²) in [5.74, 6) is 0.313. The van der Waals surface area contributed by atoms with Gasteiger partial charge in [0.25, 0.3) is 0 Å². The van der Waals surface area contributed by atoms with Crippen LogP contribution in [-0.2, 0) is 15.6 Å². The van der Waals surface area contributed by atoms with Crippen LogP contribution in [0.3, 0.4) is 0 Å². The second-order valence-corrected chi connectivity index (χ2v) is 4.85. The fourth-order valence-corrected chi connectivity index (χ4v) is 1.12. The van der Waals surface area contributed by atoms with Crippen LogP contribution in [-0.4, -0.2) is 41.1 Å². The minimum atomic E-state index is -0.611. The molecule has 0 atom stereocenters. The molecule has 0 aromatic carbocycles. The summed E-state index contributed by atoms with van der Waals surface area (Å²) in [4.78, 5) is 12.8. The Balaban J connectivity index is 0.000000310. The van der Waals surface area contributed by atoms with Crippen LogP contribution in [0.4, 0.5) is 0 Å². The van der Waals surface area contributed by atoms with Crippen molar-refractivity contribution in [3.05, 3.63) is 0 Å². The lowest BCUT2D eigenvalue weighted by molar-refractivity contribution is -0.129. The van der Waals surface area contributed by atoms with Crippen molar-refractivity contribution in [3.8, 4) is 0 Å². The average molecular weight is 205 g/mol. The highest BCUT2D eigenvalue weighted by molar-refractivity contribution is 7.83. The molecule has 4 heteroatoms. The molecule has 1 fully saturated rings. The first kappa shape index (κ1) is 12.6. The van der Waals surface area contributed by atoms with E-state index in [0.29, 0.717) is 5.91 Å². The molecule has 0 saturated carbocycles. The lowest BCUT2D eigenvalue weighted by atomic mass is 10.2. The molecule has 0 aliphatic carbocycles. The summed E-state index contributed by atoms with van der Waals surface area (Å²) in [5.41, 5.74) is 0. The molecule has 13 heavy (non-hydrogen) atoms. The van der Waals surface area contributed by atoms with Crippen molar-refractivity contribution in [2.24, 2.45) is 0 Å². The Bertz CT molecular complexity index is 178. The summed E-state index contributed by atoms with van der Waals surface area (Å²) >= 11 is 0. The van der Waals surface area contributed by atoms with E-state index in [0.717, 1.165) is 19.4 Å². The van der Waals surface area contributed by atoms with Crippen LogP contribution in [0, 0.1) is 0 Å². The van der Waals surface area contributed by atoms with Crippen LogP contribution in [0.1, 0.15) is 25.7 Å². The maximum Gasteiger partial charge on any atom is 0.222 e. The van der Waals surface area contributed by atoms with Gasteiger partial charge in [-0.25, -0.2) is 0 Å². The summed E-state index contributed by atoms with van der Waals surface area (Å²) in [6.07, 6.45) is 7.53. The van der Waals surface area contributed by atoms with Gasteiger partial charge in [-0.3, -0.25) is 9.00 Å². The fraction of sp³-hybridized carbons (Fsp3) is 0.889. The zero-order valence-corrected chi connectivity index (χ0v) is 9.52. The van der Waals surface area contributed by atoms with Crippen molar-refractivity contribution < 1.29 is 9.00 Å². The summed E-state index contributed by atoms with van der Waals surface area (Å²) in [5, 5.41) is 0. The molecule has 1 aliphatic rings. The van der Waals surface area contributed by atoms with Gasteiger partial charge >= 0.3 is 0 Å². The third-order valence-corrected chi connectivity index (χ3v) is 1.81. The number of rotatable bonds is 0. The van der Waals surface area contributed by atoms with E-state index >= 15 is 0 Å². The van der Waals surface area contributed by atoms with Crippen LogP contribution in [0.15, 0.2) is 0 Å². The first-order chi connectivity index (χ1) is 6.04. The quantitative estimate of drug-likeness (QED) is 0.592. The molecule has 0 aromatic rings. The second kappa shape index (κ2) is 7.06. The average Bonchev–Trinajstić information content (AvgIpc) is 2.16. The normalized spacial score (nSPS) is 17.8. The monoisotopic (exact) mass is 205 g/mol. The van der Waals surface area contributed by atoms with Gasteiger partial charge in [-0.2, -0.15) is 0 Å². The van der Waals surface area contributed by atoms with Crippen LogP contribution in [0.2, 0.25) is 0 Å². The maximum absolute atomic E-state index is 10.9. The zero-order valence-electron chi connectivity index (χ0n) is 8.71. The molecule has 1 saturated heterocycles. The summed E-state index contributed by atoms with van der Waals surface area (Å²) in [7, 11) is 1.27. The summed E-state index contributed by atoms with van der Waals surface area (Å²) in [6, 6.07) is 0. The Morgan fingerprint density at radius 1 is 1.23 bits per heavy atom. The van der Waals surface area contributed by atoms with Gasteiger partial charge in [0.05, 0.1) is 0 Å². The van der Waals surface area contributed by atoms with Gasteiger partial charge in [0.15, 0.2) is 0 Å². The van der Waals surface area contributed by atoms with Crippen LogP contribution < -0.4 is 0 Å². The van der Waals surface area contributed by atoms with Gasteiger partial charge < -0.3 is 4.90 Å². The molecule has 0 bridgehead atoms. The number of hydrogen-bond donors (Lipinski definition) is 0. The van der Waals surface area contributed by atoms with E-state index in [4.69, 9.17) is 0 Å². The van der Waals surface area contributed by atoms with Crippen molar-refractivity contribution in [1.29, 1.82) is 0 Å². The maximum atomic E-state index is 10.9. The minimum Gasteiger partial charge on any atom is -0.346 e. The number of likely N-dealkylation sites (tertiary alicyclic amines) is 1. The molecular weight excluding hydrogens is 186 g/mol. The number of nitrogens with zero attached hydrogens (tertiary/aromatic N) is 1. The van der Waals surface area contributed by atoms with Crippen LogP contribution in [0.5, 0.6) is 0 Å². The van der Waals surface area contributed by atoms with E-state index in [9.17, 15) is 9.00 Å². The Morgan fingerprint density at radius 3 is 2.31 bits per heavy atom. The predicted molar refractivity (Wildman–Crippen MR) is 56.1 cm³/mol. The molecule has 1 aliphatic heterocycles. The number of carbonyl (C=O) groups excluding carboxylic acids is 1. The van der Waals surface area contributed by atoms with E-state index in [1.54, 1.807) is 12.5 Å². The number of hydrogen-bond acceptors (Lipinski definition) is 2. The third kappa shape index (κ3) is 7.96. The SMILES string of the molecule is CN1CCCCCC1=O.CS(C)=O. The lowest BCUT2D eigenvalue weighted by Gasteiger charge is -2.11. The molecule has 0 aromatic heterocycles. The largest absolute Gasteiger partial charge is 0.346 e. The first-order valence-electron chi connectivity index (χ1n) is 4.53. The Labute approximate surface area is 83.0 Å². The lowest BCUT2D eigenvalue weighted by Crippen LogP contribution is -2.25. The van der Waals surface area contributed by atoms with E-state index in [-0.39, 0.29) is 0 Å². The van der Waals surface area contributed by atoms with E-state index < -0.39 is 10.8 Å². The van der Waals surface area contributed by atoms with E-state index in [2.05, 4.69) is 0 Å². The number of carbonyl (C=O) groups is 1. The standard InChI is InChI=1S/C7H13NO.C2H6OS/c1-8-6-4-2-3-5-7(8)9;1-4(2)3/h2-6H2,1H3;1-2H3. The summed E-state index contributed by atoms with van der Waals surface area (Å²) in [6.45, 7) is 0.957. The Hall–Kier alpha value is -0.380. The van der Waals surface area contributed by atoms with Crippen molar-refractivity contribution in [2.45, 2.75) is 25.7 Å². The van der Waals surface area contributed by atoms with Gasteiger partial charge in [0.2, 0.25) is 5.91 Å². The molecule has 1 heterocycles. The van der Waals surface area contributed by atoms with Crippen molar-refractivity contribution in [2.75, 3.05) is 26.1 Å². The predicted octanol–water partition coefficient (Wildman–Crippen LogP) is 1.01. The Morgan fingerprint density at radius 2 is 1.77 bits per heavy atom. The molecule has 1 rings (SSSR count). The third-order valence-electron chi connectivity index (χ3n) is 1.81. The van der Waals surface area contributed by atoms with E-state index in [1.165, 1.54) is 12.8 Å². The smallest absolute Gasteiger partial charge is 0.222 e. The van der Waals surface area contributed by atoms with Gasteiger partial charge in [0.1, 0.15) is 0 Å². The Kier molecular flexibility index (Phi) is 6.86. The summed E-state index contributed by atoms with van der Waals surface area (Å²) < 4.78 is 9.56. The van der Waals surface area contributed by atoms with Crippen molar-refractivity contribution >= 4 is 16.7 Å². The van der Waals surface area contributed by atoms with Gasteiger partial charge in [-0.05, 0) is 12.8 Å². The van der Waals surface area contributed by atoms with Gasteiger partial charge in [0, 0.05) is 43.3 Å². The molecule has 1 amide bonds. The van der Waals surface area contributed by atoms with Crippen molar-refractivity contribution in [3.63, 3.8) is 0 Å². The van der Waals surface area contributed by atoms with Gasteiger partial charge in [-0.1, -0.05) is 6.42 Å². The zero-order chi connectivity index (χ0) is 10.3. The molecule has 3 nitrogen and oxygen atoms in total. The molecule has 78 valence electrons. The second-order valence-electron chi connectivity index (χ2n) is 3.37. The molecular formula is C9H19NO2S. The highest BCUT2D eigenvalue weighted by Gasteiger charge is 2.10. The molecule has 0 unspecified atom stereocenters. The highest BCUT2D eigenvalue weighted by Crippen LogP contribution is 2.08. The fourth-order valence-electron chi connectivity index (χ4n) is 1.12. The van der Waals surface area contributed by atoms with Gasteiger partial charge in [-0.15, -0.1) is 0 Å². The molecule has 0 radical (unpaired) electrons. The number of amides is 1. The molecule has 0 N–H and O–H groups in total. The highest BCUT2D eigenvalue weighted by atomic mass is 32.2. The van der Waals surface area contributed by atoms with Crippen LogP contribution in [0.25, 0.3) is 0 Å². The minimum absolute atomic E-state index is 0.313.